The summed E-state index contributed by atoms with van der Waals surface area (Å²) in [6, 6.07) is 10.1. The van der Waals surface area contributed by atoms with Gasteiger partial charge < -0.3 is 10.3 Å². The third-order valence-corrected chi connectivity index (χ3v) is 6.12. The van der Waals surface area contributed by atoms with Gasteiger partial charge in [0.1, 0.15) is 11.1 Å². The number of fused-ring (bicyclic) bond motifs is 1. The molecule has 3 heterocycles. The summed E-state index contributed by atoms with van der Waals surface area (Å²) in [4.78, 5) is 15.4. The summed E-state index contributed by atoms with van der Waals surface area (Å²) in [6.07, 6.45) is 4.63. The largest absolute Gasteiger partial charge is 0.342 e. The number of nitrogens with one attached hydrogen (secondary N) is 1. The summed E-state index contributed by atoms with van der Waals surface area (Å²) < 4.78 is 1.90. The molecule has 1 amide bonds. The van der Waals surface area contributed by atoms with E-state index in [2.05, 4.69) is 27.8 Å². The Kier molecular flexibility index (Phi) is 4.65. The van der Waals surface area contributed by atoms with Gasteiger partial charge in [-0.25, -0.2) is 4.68 Å². The molecule has 0 unspecified atom stereocenters. The van der Waals surface area contributed by atoms with Crippen molar-refractivity contribution in [1.29, 1.82) is 0 Å². The highest BCUT2D eigenvalue weighted by molar-refractivity contribution is 8.00. The summed E-state index contributed by atoms with van der Waals surface area (Å²) in [5, 5.41) is 8.91. The number of thioether (sulfide) groups is 1. The number of amides is 1. The summed E-state index contributed by atoms with van der Waals surface area (Å²) in [7, 11) is 0. The van der Waals surface area contributed by atoms with Crippen LogP contribution in [0.1, 0.15) is 43.1 Å². The second-order valence-electron chi connectivity index (χ2n) is 6.66. The van der Waals surface area contributed by atoms with Gasteiger partial charge in [-0.1, -0.05) is 54.9 Å². The highest BCUT2D eigenvalue weighted by Crippen LogP contribution is 2.38. The molecular weight excluding hydrogens is 334 g/mol. The van der Waals surface area contributed by atoms with Crippen LogP contribution >= 0.6 is 11.8 Å². The molecular formula is C18H23N5OS. The molecule has 1 aromatic heterocycles. The van der Waals surface area contributed by atoms with E-state index in [9.17, 15) is 4.79 Å². The van der Waals surface area contributed by atoms with E-state index < -0.39 is 0 Å². The minimum absolute atomic E-state index is 0.0934. The number of hydrogen-bond acceptors (Lipinski definition) is 5. The smallest absolute Gasteiger partial charge is 0.238 e. The van der Waals surface area contributed by atoms with Gasteiger partial charge in [0, 0.05) is 13.1 Å². The molecule has 2 aromatic rings. The number of likely N-dealkylation sites (tertiary alicyclic amines) is 1. The summed E-state index contributed by atoms with van der Waals surface area (Å²) >= 11 is 1.52. The Bertz CT molecular complexity index is 739. The molecule has 7 heteroatoms. The minimum atomic E-state index is -0.225. The van der Waals surface area contributed by atoms with E-state index in [0.717, 1.165) is 42.5 Å². The van der Waals surface area contributed by atoms with E-state index in [1.165, 1.54) is 24.6 Å². The Labute approximate surface area is 152 Å². The highest BCUT2D eigenvalue weighted by atomic mass is 32.2. The Morgan fingerprint density at radius 2 is 1.84 bits per heavy atom. The van der Waals surface area contributed by atoms with Crippen LogP contribution < -0.4 is 5.43 Å². The lowest BCUT2D eigenvalue weighted by molar-refractivity contribution is -0.131. The first-order chi connectivity index (χ1) is 12.2. The molecule has 1 saturated heterocycles. The lowest BCUT2D eigenvalue weighted by atomic mass is 10.0. The Morgan fingerprint density at radius 1 is 1.12 bits per heavy atom. The second-order valence-corrected chi connectivity index (χ2v) is 7.77. The van der Waals surface area contributed by atoms with Crippen molar-refractivity contribution in [3.8, 4) is 0 Å². The molecule has 1 N–H and O–H groups in total. The minimum Gasteiger partial charge on any atom is -0.342 e. The molecule has 0 radical (unpaired) electrons. The lowest BCUT2D eigenvalue weighted by Crippen LogP contribution is -2.46. The first-order valence-electron chi connectivity index (χ1n) is 8.93. The summed E-state index contributed by atoms with van der Waals surface area (Å²) in [6.45, 7) is 3.65. The van der Waals surface area contributed by atoms with Crippen LogP contribution in [0.3, 0.4) is 0 Å². The van der Waals surface area contributed by atoms with Crippen molar-refractivity contribution < 1.29 is 4.79 Å². The first kappa shape index (κ1) is 16.4. The van der Waals surface area contributed by atoms with Crippen molar-refractivity contribution >= 4 is 17.7 Å². The van der Waals surface area contributed by atoms with Crippen LogP contribution in [0.4, 0.5) is 0 Å². The van der Waals surface area contributed by atoms with Crippen LogP contribution in [-0.2, 0) is 4.79 Å². The van der Waals surface area contributed by atoms with Gasteiger partial charge >= 0.3 is 0 Å². The Morgan fingerprint density at radius 3 is 2.56 bits per heavy atom. The monoisotopic (exact) mass is 357 g/mol. The SMILES string of the molecule is Cc1nnc2n1N[C@H](c1ccccc1)[C@@H](C(=O)N1CCCCCC1)S2. The van der Waals surface area contributed by atoms with Crippen molar-refractivity contribution in [1.82, 2.24) is 19.8 Å². The van der Waals surface area contributed by atoms with Gasteiger partial charge in [0.2, 0.25) is 11.1 Å². The van der Waals surface area contributed by atoms with E-state index in [-0.39, 0.29) is 17.2 Å². The molecule has 25 heavy (non-hydrogen) atoms. The zero-order valence-electron chi connectivity index (χ0n) is 14.4. The first-order valence-corrected chi connectivity index (χ1v) is 9.81. The van der Waals surface area contributed by atoms with E-state index in [4.69, 9.17) is 0 Å². The normalized spacial score (nSPS) is 23.5. The quantitative estimate of drug-likeness (QED) is 0.895. The standard InChI is InChI=1S/C18H23N5OS/c1-13-19-20-18-23(13)21-15(14-9-5-4-6-10-14)16(25-18)17(24)22-11-7-2-3-8-12-22/h4-6,9-10,15-16,21H,2-3,7-8,11-12H2,1H3/t15-,16+/m1/s1. The van der Waals surface area contributed by atoms with Crippen molar-refractivity contribution in [3.05, 3.63) is 41.7 Å². The van der Waals surface area contributed by atoms with E-state index in [1.807, 2.05) is 34.7 Å². The number of benzene rings is 1. The van der Waals surface area contributed by atoms with E-state index in [0.29, 0.717) is 0 Å². The third-order valence-electron chi connectivity index (χ3n) is 4.92. The van der Waals surface area contributed by atoms with Crippen LogP contribution in [-0.4, -0.2) is 44.0 Å². The number of carbonyl (C=O) groups excluding carboxylic acids is 1. The van der Waals surface area contributed by atoms with Gasteiger partial charge in [-0.05, 0) is 25.3 Å². The molecule has 1 aromatic carbocycles. The lowest BCUT2D eigenvalue weighted by Gasteiger charge is -2.35. The number of hydrogen-bond donors (Lipinski definition) is 1. The van der Waals surface area contributed by atoms with Crippen LogP contribution in [0.25, 0.3) is 0 Å². The summed E-state index contributed by atoms with van der Waals surface area (Å²) in [5.41, 5.74) is 4.58. The van der Waals surface area contributed by atoms with Crippen LogP contribution in [0.2, 0.25) is 0 Å². The van der Waals surface area contributed by atoms with Crippen molar-refractivity contribution in [2.45, 2.75) is 49.1 Å². The van der Waals surface area contributed by atoms with Crippen LogP contribution in [0.15, 0.2) is 35.5 Å². The molecule has 0 saturated carbocycles. The van der Waals surface area contributed by atoms with Crippen molar-refractivity contribution in [2.75, 3.05) is 18.5 Å². The maximum absolute atomic E-state index is 13.3. The molecule has 0 spiro atoms. The molecule has 2 atom stereocenters. The van der Waals surface area contributed by atoms with E-state index >= 15 is 0 Å². The second kappa shape index (κ2) is 7.07. The average molecular weight is 357 g/mol. The number of nitrogens with zero attached hydrogens (tertiary/aromatic N) is 4. The number of carbonyl (C=O) groups is 1. The van der Waals surface area contributed by atoms with Gasteiger partial charge in [-0.3, -0.25) is 4.79 Å². The van der Waals surface area contributed by atoms with Crippen LogP contribution in [0.5, 0.6) is 0 Å². The van der Waals surface area contributed by atoms with Gasteiger partial charge in [-0.15, -0.1) is 10.2 Å². The molecule has 132 valence electrons. The van der Waals surface area contributed by atoms with Gasteiger partial charge in [0.15, 0.2) is 0 Å². The van der Waals surface area contributed by atoms with E-state index in [1.54, 1.807) is 0 Å². The molecule has 2 aliphatic rings. The van der Waals surface area contributed by atoms with Crippen LogP contribution in [0, 0.1) is 6.92 Å². The van der Waals surface area contributed by atoms with Crippen molar-refractivity contribution in [2.24, 2.45) is 0 Å². The zero-order valence-corrected chi connectivity index (χ0v) is 15.2. The molecule has 4 rings (SSSR count). The van der Waals surface area contributed by atoms with Gasteiger partial charge in [-0.2, -0.15) is 0 Å². The molecule has 2 aliphatic heterocycles. The van der Waals surface area contributed by atoms with Gasteiger partial charge in [0.05, 0.1) is 6.04 Å². The molecule has 0 aliphatic carbocycles. The fraction of sp³-hybridized carbons (Fsp3) is 0.500. The number of rotatable bonds is 2. The molecule has 6 nitrogen and oxygen atoms in total. The summed E-state index contributed by atoms with van der Waals surface area (Å²) in [5.74, 6) is 1.02. The number of aromatic nitrogens is 3. The predicted molar refractivity (Wildman–Crippen MR) is 98.0 cm³/mol. The molecule has 1 fully saturated rings. The zero-order chi connectivity index (χ0) is 17.2. The maximum atomic E-state index is 13.3. The predicted octanol–water partition coefficient (Wildman–Crippen LogP) is 2.75. The number of aryl methyl sites for hydroxylation is 1. The maximum Gasteiger partial charge on any atom is 0.238 e. The average Bonchev–Trinajstić information content (AvgIpc) is 2.86. The highest BCUT2D eigenvalue weighted by Gasteiger charge is 2.39. The topological polar surface area (TPSA) is 63.1 Å². The fourth-order valence-electron chi connectivity index (χ4n) is 3.53. The fourth-order valence-corrected chi connectivity index (χ4v) is 4.74. The molecule has 0 bridgehead atoms. The van der Waals surface area contributed by atoms with Gasteiger partial charge in [0.25, 0.3) is 0 Å². The third kappa shape index (κ3) is 3.25. The van der Waals surface area contributed by atoms with Crippen molar-refractivity contribution in [3.63, 3.8) is 0 Å². The Hall–Kier alpha value is -2.02. The Balaban J connectivity index is 1.66.